The van der Waals surface area contributed by atoms with Crippen LogP contribution < -0.4 is 17.6 Å². The Hall–Kier alpha value is -0.780. The molecule has 0 aromatic heterocycles. The summed E-state index contributed by atoms with van der Waals surface area (Å²) in [5.74, 6) is -0.833. The first-order valence-electron chi connectivity index (χ1n) is 2.92. The van der Waals surface area contributed by atoms with E-state index in [1.54, 1.807) is 0 Å². The van der Waals surface area contributed by atoms with Crippen LogP contribution in [-0.4, -0.2) is 23.3 Å². The molecule has 5 heteroatoms. The molecule has 0 spiro atoms. The molecule has 0 aliphatic carbocycles. The third kappa shape index (κ3) is 323. The van der Waals surface area contributed by atoms with Crippen LogP contribution in [0.5, 0.6) is 0 Å². The summed E-state index contributed by atoms with van der Waals surface area (Å²) in [6.45, 7) is 9.06. The van der Waals surface area contributed by atoms with Crippen molar-refractivity contribution in [1.29, 1.82) is 0 Å². The second-order valence-electron chi connectivity index (χ2n) is 1.37. The SMILES string of the molecule is C=C(O)O.CCNCC.N.N. The Morgan fingerprint density at radius 3 is 1.36 bits per heavy atom. The zero-order valence-corrected chi connectivity index (χ0v) is 7.43. The summed E-state index contributed by atoms with van der Waals surface area (Å²) >= 11 is 0. The fraction of sp³-hybridized carbons (Fsp3) is 0.667. The van der Waals surface area contributed by atoms with Crippen molar-refractivity contribution in [2.24, 2.45) is 0 Å². The first-order valence-corrected chi connectivity index (χ1v) is 2.92. The maximum absolute atomic E-state index is 7.42. The second-order valence-corrected chi connectivity index (χ2v) is 1.37. The quantitative estimate of drug-likeness (QED) is 0.399. The van der Waals surface area contributed by atoms with Gasteiger partial charge in [-0.25, -0.2) is 0 Å². The van der Waals surface area contributed by atoms with Gasteiger partial charge < -0.3 is 27.8 Å². The number of aliphatic hydroxyl groups is 2. The molecule has 0 heterocycles. The van der Waals surface area contributed by atoms with Crippen molar-refractivity contribution >= 4 is 0 Å². The van der Waals surface area contributed by atoms with E-state index >= 15 is 0 Å². The van der Waals surface area contributed by atoms with Crippen molar-refractivity contribution in [3.8, 4) is 0 Å². The summed E-state index contributed by atoms with van der Waals surface area (Å²) < 4.78 is 0. The lowest BCUT2D eigenvalue weighted by atomic mass is 10.7. The van der Waals surface area contributed by atoms with Gasteiger partial charge in [-0.1, -0.05) is 13.8 Å². The summed E-state index contributed by atoms with van der Waals surface area (Å²) in [5.41, 5.74) is 0. The van der Waals surface area contributed by atoms with Crippen molar-refractivity contribution < 1.29 is 10.2 Å². The van der Waals surface area contributed by atoms with Crippen LogP contribution in [-0.2, 0) is 0 Å². The molecule has 9 N–H and O–H groups in total. The zero-order valence-electron chi connectivity index (χ0n) is 7.43. The predicted molar refractivity (Wildman–Crippen MR) is 48.7 cm³/mol. The molecule has 11 heavy (non-hydrogen) atoms. The van der Waals surface area contributed by atoms with Gasteiger partial charge in [0.05, 0.1) is 0 Å². The molecule has 0 amide bonds. The molecule has 5 nitrogen and oxygen atoms in total. The molecule has 0 aliphatic rings. The highest BCUT2D eigenvalue weighted by Gasteiger charge is 1.62. The van der Waals surface area contributed by atoms with E-state index in [0.717, 1.165) is 13.1 Å². The lowest BCUT2D eigenvalue weighted by molar-refractivity contribution is 0.194. The Morgan fingerprint density at radius 2 is 1.36 bits per heavy atom. The molecule has 0 bridgehead atoms. The van der Waals surface area contributed by atoms with Crippen molar-refractivity contribution in [2.75, 3.05) is 13.1 Å². The number of rotatable bonds is 2. The summed E-state index contributed by atoms with van der Waals surface area (Å²) in [7, 11) is 0. The lowest BCUT2D eigenvalue weighted by Crippen LogP contribution is -2.09. The van der Waals surface area contributed by atoms with E-state index in [-0.39, 0.29) is 12.3 Å². The molecule has 0 saturated heterocycles. The van der Waals surface area contributed by atoms with E-state index < -0.39 is 5.95 Å². The Morgan fingerprint density at radius 1 is 1.18 bits per heavy atom. The molecule has 0 atom stereocenters. The molecule has 0 radical (unpaired) electrons. The summed E-state index contributed by atoms with van der Waals surface area (Å²) in [4.78, 5) is 0. The first kappa shape index (κ1) is 22.5. The smallest absolute Gasteiger partial charge is 0.266 e. The third-order valence-corrected chi connectivity index (χ3v) is 0.500. The van der Waals surface area contributed by atoms with E-state index in [0.29, 0.717) is 0 Å². The Bertz CT molecular complexity index is 62.8. The van der Waals surface area contributed by atoms with Crippen LogP contribution in [0.15, 0.2) is 12.5 Å². The normalized spacial score (nSPS) is 6.00. The van der Waals surface area contributed by atoms with Gasteiger partial charge in [-0.3, -0.25) is 0 Å². The predicted octanol–water partition coefficient (Wildman–Crippen LogP) is 1.51. The number of nitrogens with one attached hydrogen (secondary N) is 1. The standard InChI is InChI=1S/C4H11N.C2H4O2.2H3N/c1-3-5-4-2;1-2(3)4;;/h5H,3-4H2,1-2H3;3-4H,1H2;2*1H3. The van der Waals surface area contributed by atoms with E-state index in [2.05, 4.69) is 25.7 Å². The monoisotopic (exact) mass is 167 g/mol. The van der Waals surface area contributed by atoms with Gasteiger partial charge in [0.2, 0.25) is 0 Å². The average Bonchev–Trinajstić information content (AvgIpc) is 1.66. The highest BCUT2D eigenvalue weighted by atomic mass is 16.5. The van der Waals surface area contributed by atoms with Crippen LogP contribution in [0.2, 0.25) is 0 Å². The van der Waals surface area contributed by atoms with Crippen molar-refractivity contribution in [1.82, 2.24) is 17.6 Å². The zero-order chi connectivity index (χ0) is 7.70. The molecular weight excluding hydrogens is 146 g/mol. The molecule has 0 rings (SSSR count). The number of hydrogen-bond acceptors (Lipinski definition) is 5. The second kappa shape index (κ2) is 22.9. The maximum atomic E-state index is 7.42. The molecule has 0 unspecified atom stereocenters. The van der Waals surface area contributed by atoms with E-state index in [9.17, 15) is 0 Å². The van der Waals surface area contributed by atoms with Crippen molar-refractivity contribution in [2.45, 2.75) is 13.8 Å². The number of hydrogen-bond donors (Lipinski definition) is 5. The molecule has 0 aromatic rings. The van der Waals surface area contributed by atoms with Crippen LogP contribution in [0.25, 0.3) is 0 Å². The molecule has 0 aromatic carbocycles. The molecule has 0 aliphatic heterocycles. The summed E-state index contributed by atoms with van der Waals surface area (Å²) in [6, 6.07) is 0. The van der Waals surface area contributed by atoms with Gasteiger partial charge in [0.1, 0.15) is 0 Å². The van der Waals surface area contributed by atoms with Crippen molar-refractivity contribution in [3.63, 3.8) is 0 Å². The third-order valence-electron chi connectivity index (χ3n) is 0.500. The van der Waals surface area contributed by atoms with Crippen LogP contribution in [0, 0.1) is 0 Å². The molecule has 0 saturated carbocycles. The molecule has 0 fully saturated rings. The van der Waals surface area contributed by atoms with Crippen LogP contribution >= 0.6 is 0 Å². The van der Waals surface area contributed by atoms with Gasteiger partial charge in [0.15, 0.2) is 0 Å². The first-order chi connectivity index (χ1) is 4.15. The van der Waals surface area contributed by atoms with E-state index in [1.807, 2.05) is 0 Å². The van der Waals surface area contributed by atoms with Crippen molar-refractivity contribution in [3.05, 3.63) is 12.5 Å². The van der Waals surface area contributed by atoms with Gasteiger partial charge in [-0.2, -0.15) is 0 Å². The Labute approximate surface area is 68.3 Å². The minimum absolute atomic E-state index is 0. The minimum atomic E-state index is -0.833. The fourth-order valence-electron chi connectivity index (χ4n) is 0.250. The fourth-order valence-corrected chi connectivity index (χ4v) is 0.250. The van der Waals surface area contributed by atoms with Crippen LogP contribution in [0.3, 0.4) is 0 Å². The van der Waals surface area contributed by atoms with Gasteiger partial charge in [-0.05, 0) is 19.7 Å². The Balaban J connectivity index is -0.0000000383. The minimum Gasteiger partial charge on any atom is -0.482 e. The molecular formula is C6H21N3O2. The van der Waals surface area contributed by atoms with Gasteiger partial charge in [0.25, 0.3) is 5.95 Å². The summed E-state index contributed by atoms with van der Waals surface area (Å²) in [5, 5.41) is 17.9. The van der Waals surface area contributed by atoms with Crippen LogP contribution in [0.1, 0.15) is 13.8 Å². The maximum Gasteiger partial charge on any atom is 0.266 e. The Kier molecular flexibility index (Phi) is 46.7. The highest BCUT2D eigenvalue weighted by Crippen LogP contribution is 1.58. The van der Waals surface area contributed by atoms with Crippen LogP contribution in [0.4, 0.5) is 0 Å². The topological polar surface area (TPSA) is 122 Å². The van der Waals surface area contributed by atoms with E-state index in [4.69, 9.17) is 10.2 Å². The largest absolute Gasteiger partial charge is 0.482 e. The lowest BCUT2D eigenvalue weighted by Gasteiger charge is -1.86. The van der Waals surface area contributed by atoms with E-state index in [1.165, 1.54) is 0 Å². The highest BCUT2D eigenvalue weighted by molar-refractivity contribution is 4.54. The van der Waals surface area contributed by atoms with Gasteiger partial charge in [-0.15, -0.1) is 0 Å². The summed E-state index contributed by atoms with van der Waals surface area (Å²) in [6.07, 6.45) is 0. The number of aliphatic hydroxyl groups excluding tert-OH is 1. The van der Waals surface area contributed by atoms with Gasteiger partial charge in [0, 0.05) is 0 Å². The average molecular weight is 167 g/mol. The van der Waals surface area contributed by atoms with Gasteiger partial charge >= 0.3 is 0 Å². The molecule has 72 valence electrons.